The summed E-state index contributed by atoms with van der Waals surface area (Å²) in [5.41, 5.74) is 0.587. The van der Waals surface area contributed by atoms with Gasteiger partial charge in [-0.15, -0.1) is 0 Å². The topological polar surface area (TPSA) is 87.7 Å². The number of hydrogen-bond donors (Lipinski definition) is 3. The monoisotopic (exact) mass is 294 g/mol. The normalized spacial score (nSPS) is 12.4. The maximum Gasteiger partial charge on any atom is 0.412 e. The molecule has 116 valence electrons. The molecule has 0 aliphatic carbocycles. The van der Waals surface area contributed by atoms with Gasteiger partial charge in [0.05, 0.1) is 0 Å². The molecule has 0 spiro atoms. The number of carbonyl (C=O) groups excluding carboxylic acids is 1. The molecule has 21 heavy (non-hydrogen) atoms. The number of aliphatic carboxylic acids is 1. The number of benzene rings is 1. The van der Waals surface area contributed by atoms with Gasteiger partial charge in [0.2, 0.25) is 0 Å². The largest absolute Gasteiger partial charge is 0.480 e. The first-order valence-corrected chi connectivity index (χ1v) is 6.80. The van der Waals surface area contributed by atoms with Crippen LogP contribution in [0.25, 0.3) is 0 Å². The fourth-order valence-corrected chi connectivity index (χ4v) is 1.65. The molecule has 0 bridgehead atoms. The molecule has 0 aliphatic rings. The first-order valence-electron chi connectivity index (χ1n) is 6.80. The zero-order valence-corrected chi connectivity index (χ0v) is 12.8. The van der Waals surface area contributed by atoms with Crippen molar-refractivity contribution in [1.82, 2.24) is 0 Å². The highest BCUT2D eigenvalue weighted by atomic mass is 16.6. The van der Waals surface area contributed by atoms with E-state index in [9.17, 15) is 9.59 Å². The summed E-state index contributed by atoms with van der Waals surface area (Å²) in [7, 11) is 0. The predicted octanol–water partition coefficient (Wildman–Crippen LogP) is 3.31. The Labute approximate surface area is 124 Å². The highest BCUT2D eigenvalue weighted by Gasteiger charge is 2.17. The Morgan fingerprint density at radius 2 is 1.90 bits per heavy atom. The van der Waals surface area contributed by atoms with Crippen LogP contribution in [0.4, 0.5) is 16.2 Å². The lowest BCUT2D eigenvalue weighted by Crippen LogP contribution is -2.28. The van der Waals surface area contributed by atoms with E-state index < -0.39 is 23.7 Å². The van der Waals surface area contributed by atoms with Crippen molar-refractivity contribution in [3.05, 3.63) is 24.3 Å². The summed E-state index contributed by atoms with van der Waals surface area (Å²) in [6.07, 6.45) is -0.0936. The first-order chi connectivity index (χ1) is 9.71. The van der Waals surface area contributed by atoms with Crippen molar-refractivity contribution in [3.8, 4) is 0 Å². The third-order valence-corrected chi connectivity index (χ3v) is 2.56. The Hall–Kier alpha value is -2.24. The summed E-state index contributed by atoms with van der Waals surface area (Å²) < 4.78 is 5.16. The van der Waals surface area contributed by atoms with Gasteiger partial charge >= 0.3 is 12.1 Å². The fourth-order valence-electron chi connectivity index (χ4n) is 1.65. The van der Waals surface area contributed by atoms with Crippen molar-refractivity contribution in [2.24, 2.45) is 0 Å². The summed E-state index contributed by atoms with van der Waals surface area (Å²) in [5.74, 6) is -0.914. The molecule has 0 saturated carbocycles. The van der Waals surface area contributed by atoms with Gasteiger partial charge < -0.3 is 15.2 Å². The summed E-state index contributed by atoms with van der Waals surface area (Å²) in [4.78, 5) is 22.7. The van der Waals surface area contributed by atoms with Crippen LogP contribution in [0.3, 0.4) is 0 Å². The van der Waals surface area contributed by atoms with E-state index in [1.807, 2.05) is 0 Å². The Morgan fingerprint density at radius 1 is 1.29 bits per heavy atom. The quantitative estimate of drug-likeness (QED) is 0.775. The van der Waals surface area contributed by atoms with E-state index in [-0.39, 0.29) is 0 Å². The molecule has 1 atom stereocenters. The lowest BCUT2D eigenvalue weighted by atomic mass is 10.2. The molecule has 1 aromatic rings. The Balaban J connectivity index is 2.72. The molecule has 1 amide bonds. The summed E-state index contributed by atoms with van der Waals surface area (Å²) in [6, 6.07) is 6.17. The number of nitrogens with one attached hydrogen (secondary N) is 2. The van der Waals surface area contributed by atoms with E-state index in [0.717, 1.165) is 0 Å². The van der Waals surface area contributed by atoms with E-state index in [1.165, 1.54) is 0 Å². The van der Waals surface area contributed by atoms with Gasteiger partial charge in [-0.25, -0.2) is 9.59 Å². The smallest absolute Gasteiger partial charge is 0.412 e. The van der Waals surface area contributed by atoms with Crippen LogP contribution in [0.1, 0.15) is 34.1 Å². The zero-order chi connectivity index (χ0) is 16.0. The second-order valence-corrected chi connectivity index (χ2v) is 5.65. The second kappa shape index (κ2) is 6.97. The minimum absolute atomic E-state index is 0.457. The van der Waals surface area contributed by atoms with E-state index in [1.54, 1.807) is 52.0 Å². The lowest BCUT2D eigenvalue weighted by Gasteiger charge is -2.20. The molecule has 0 heterocycles. The van der Waals surface area contributed by atoms with Gasteiger partial charge in [-0.05, 0) is 45.4 Å². The maximum absolute atomic E-state index is 11.7. The van der Waals surface area contributed by atoms with Crippen molar-refractivity contribution in [1.29, 1.82) is 0 Å². The third kappa shape index (κ3) is 6.16. The Kier molecular flexibility index (Phi) is 5.58. The number of anilines is 2. The average Bonchev–Trinajstić information content (AvgIpc) is 2.33. The number of rotatable bonds is 5. The number of amides is 1. The lowest BCUT2D eigenvalue weighted by molar-refractivity contribution is -0.137. The van der Waals surface area contributed by atoms with E-state index in [2.05, 4.69) is 10.6 Å². The Morgan fingerprint density at radius 3 is 2.43 bits per heavy atom. The van der Waals surface area contributed by atoms with Crippen LogP contribution in [0.5, 0.6) is 0 Å². The standard InChI is InChI=1S/C15H22N2O4/c1-5-12(13(18)19)16-10-7-6-8-11(9-10)17-14(20)21-15(2,3)4/h6-9,12,16H,5H2,1-4H3,(H,17,20)(H,18,19). The molecule has 0 saturated heterocycles. The molecule has 0 aliphatic heterocycles. The summed E-state index contributed by atoms with van der Waals surface area (Å²) in [6.45, 7) is 7.13. The fraction of sp³-hybridized carbons (Fsp3) is 0.467. The molecule has 1 aromatic carbocycles. The van der Waals surface area contributed by atoms with Crippen LogP contribution in [0.15, 0.2) is 24.3 Å². The van der Waals surface area contributed by atoms with Gasteiger partial charge in [0.25, 0.3) is 0 Å². The average molecular weight is 294 g/mol. The molecule has 6 nitrogen and oxygen atoms in total. The van der Waals surface area contributed by atoms with Crippen LogP contribution >= 0.6 is 0 Å². The van der Waals surface area contributed by atoms with Gasteiger partial charge in [-0.3, -0.25) is 5.32 Å². The zero-order valence-electron chi connectivity index (χ0n) is 12.8. The van der Waals surface area contributed by atoms with Crippen LogP contribution in [0.2, 0.25) is 0 Å². The van der Waals surface area contributed by atoms with Crippen molar-refractivity contribution in [2.45, 2.75) is 45.8 Å². The van der Waals surface area contributed by atoms with Crippen LogP contribution in [-0.4, -0.2) is 28.8 Å². The van der Waals surface area contributed by atoms with Crippen LogP contribution < -0.4 is 10.6 Å². The number of ether oxygens (including phenoxy) is 1. The van der Waals surface area contributed by atoms with Crippen molar-refractivity contribution in [3.63, 3.8) is 0 Å². The first kappa shape index (κ1) is 16.8. The molecule has 1 rings (SSSR count). The van der Waals surface area contributed by atoms with Crippen LogP contribution in [-0.2, 0) is 9.53 Å². The van der Waals surface area contributed by atoms with Gasteiger partial charge in [-0.1, -0.05) is 13.0 Å². The van der Waals surface area contributed by atoms with Crippen LogP contribution in [0, 0.1) is 0 Å². The van der Waals surface area contributed by atoms with Crippen molar-refractivity contribution in [2.75, 3.05) is 10.6 Å². The number of hydrogen-bond acceptors (Lipinski definition) is 4. The molecular formula is C15H22N2O4. The molecule has 0 aromatic heterocycles. The SMILES string of the molecule is CCC(Nc1cccc(NC(=O)OC(C)(C)C)c1)C(=O)O. The second-order valence-electron chi connectivity index (χ2n) is 5.65. The van der Waals surface area contributed by atoms with E-state index in [4.69, 9.17) is 9.84 Å². The predicted molar refractivity (Wildman–Crippen MR) is 81.6 cm³/mol. The van der Waals surface area contributed by atoms with Gasteiger partial charge in [0.1, 0.15) is 11.6 Å². The molecule has 3 N–H and O–H groups in total. The van der Waals surface area contributed by atoms with Crippen molar-refractivity contribution < 1.29 is 19.4 Å². The van der Waals surface area contributed by atoms with Gasteiger partial charge in [0.15, 0.2) is 0 Å². The third-order valence-electron chi connectivity index (χ3n) is 2.56. The van der Waals surface area contributed by atoms with Gasteiger partial charge in [0, 0.05) is 11.4 Å². The van der Waals surface area contributed by atoms with Crippen molar-refractivity contribution >= 4 is 23.4 Å². The Bertz CT molecular complexity index is 509. The minimum atomic E-state index is -0.914. The maximum atomic E-state index is 11.7. The summed E-state index contributed by atoms with van der Waals surface area (Å²) >= 11 is 0. The number of carbonyl (C=O) groups is 2. The van der Waals surface area contributed by atoms with E-state index in [0.29, 0.717) is 17.8 Å². The highest BCUT2D eigenvalue weighted by Crippen LogP contribution is 2.18. The van der Waals surface area contributed by atoms with Gasteiger partial charge in [-0.2, -0.15) is 0 Å². The molecule has 1 unspecified atom stereocenters. The minimum Gasteiger partial charge on any atom is -0.480 e. The number of carboxylic acid groups (broad SMARTS) is 1. The molecule has 6 heteroatoms. The number of carboxylic acids is 1. The molecule has 0 radical (unpaired) electrons. The highest BCUT2D eigenvalue weighted by molar-refractivity contribution is 5.86. The summed E-state index contributed by atoms with van der Waals surface area (Å²) in [5, 5.41) is 14.5. The molecular weight excluding hydrogens is 272 g/mol. The van der Waals surface area contributed by atoms with E-state index >= 15 is 0 Å². The molecule has 0 fully saturated rings.